The summed E-state index contributed by atoms with van der Waals surface area (Å²) in [5, 5.41) is 8.47. The van der Waals surface area contributed by atoms with Crippen LogP contribution in [0.2, 0.25) is 0 Å². The quantitative estimate of drug-likeness (QED) is 0.574. The van der Waals surface area contributed by atoms with Gasteiger partial charge < -0.3 is 9.84 Å². The number of alkyl halides is 1. The van der Waals surface area contributed by atoms with E-state index in [1.807, 2.05) is 4.90 Å². The van der Waals surface area contributed by atoms with Crippen LogP contribution >= 0.6 is 22.6 Å². The van der Waals surface area contributed by atoms with Crippen LogP contribution in [0.25, 0.3) is 0 Å². The Bertz CT molecular complexity index is 153. The van der Waals surface area contributed by atoms with Gasteiger partial charge in [0, 0.05) is 13.1 Å². The Morgan fingerprint density at radius 3 is 3.09 bits per heavy atom. The summed E-state index contributed by atoms with van der Waals surface area (Å²) in [7, 11) is 0. The number of carboxylic acid groups (broad SMARTS) is 1. The van der Waals surface area contributed by atoms with E-state index < -0.39 is 5.97 Å². The molecule has 0 bridgehead atoms. The molecule has 0 amide bonds. The Labute approximate surface area is 78.6 Å². The fraction of sp³-hybridized carbons (Fsp3) is 0.833. The number of hydrogen-bond donors (Lipinski definition) is 1. The van der Waals surface area contributed by atoms with Gasteiger partial charge in [0.15, 0.2) is 0 Å². The largest absolute Gasteiger partial charge is 0.480 e. The van der Waals surface area contributed by atoms with Gasteiger partial charge in [0.05, 0.1) is 13.2 Å². The molecule has 0 spiro atoms. The average Bonchev–Trinajstić information content (AvgIpc) is 1.85. The number of aliphatic carboxylic acids is 1. The van der Waals surface area contributed by atoms with Crippen LogP contribution in [0.3, 0.4) is 0 Å². The van der Waals surface area contributed by atoms with Gasteiger partial charge >= 0.3 is 5.97 Å². The first-order valence-corrected chi connectivity index (χ1v) is 4.63. The zero-order valence-corrected chi connectivity index (χ0v) is 8.15. The second-order valence-corrected chi connectivity index (χ2v) is 3.80. The first-order valence-electron chi connectivity index (χ1n) is 3.38. The first kappa shape index (κ1) is 9.21. The third kappa shape index (κ3) is 3.35. The van der Waals surface area contributed by atoms with E-state index in [1.54, 1.807) is 0 Å². The van der Waals surface area contributed by atoms with Crippen molar-refractivity contribution in [1.82, 2.24) is 4.90 Å². The van der Waals surface area contributed by atoms with Crippen molar-refractivity contribution in [3.05, 3.63) is 0 Å². The van der Waals surface area contributed by atoms with Gasteiger partial charge in [0.2, 0.25) is 0 Å². The molecule has 1 unspecified atom stereocenters. The van der Waals surface area contributed by atoms with Gasteiger partial charge in [-0.1, -0.05) is 0 Å². The lowest BCUT2D eigenvalue weighted by molar-refractivity contribution is -0.139. The van der Waals surface area contributed by atoms with Crippen molar-refractivity contribution in [3.8, 4) is 0 Å². The Hall–Kier alpha value is 0.120. The molecule has 11 heavy (non-hydrogen) atoms. The highest BCUT2D eigenvalue weighted by Crippen LogP contribution is 2.10. The molecule has 0 aromatic carbocycles. The third-order valence-corrected chi connectivity index (χ3v) is 2.22. The van der Waals surface area contributed by atoms with E-state index in [1.165, 1.54) is 0 Å². The normalized spacial score (nSPS) is 26.8. The van der Waals surface area contributed by atoms with Gasteiger partial charge in [0.25, 0.3) is 0 Å². The molecule has 1 rings (SSSR count). The van der Waals surface area contributed by atoms with E-state index in [0.29, 0.717) is 13.2 Å². The molecular weight excluding hydrogens is 261 g/mol. The van der Waals surface area contributed by atoms with Crippen LogP contribution in [0.15, 0.2) is 0 Å². The number of carboxylic acids is 1. The molecule has 0 aromatic heterocycles. The van der Waals surface area contributed by atoms with Gasteiger partial charge in [-0.05, 0) is 22.6 Å². The van der Waals surface area contributed by atoms with Crippen LogP contribution < -0.4 is 0 Å². The van der Waals surface area contributed by atoms with Crippen molar-refractivity contribution in [2.45, 2.75) is 4.11 Å². The number of halogens is 1. The van der Waals surface area contributed by atoms with E-state index in [-0.39, 0.29) is 10.7 Å². The minimum absolute atomic E-state index is 0.128. The monoisotopic (exact) mass is 271 g/mol. The van der Waals surface area contributed by atoms with Crippen molar-refractivity contribution in [3.63, 3.8) is 0 Å². The van der Waals surface area contributed by atoms with Crippen LogP contribution in [-0.4, -0.2) is 46.3 Å². The Balaban J connectivity index is 2.28. The van der Waals surface area contributed by atoms with Crippen LogP contribution in [0.5, 0.6) is 0 Å². The zero-order chi connectivity index (χ0) is 8.27. The highest BCUT2D eigenvalue weighted by atomic mass is 127. The zero-order valence-electron chi connectivity index (χ0n) is 5.99. The molecule has 0 radical (unpaired) electrons. The minimum atomic E-state index is -0.768. The molecule has 5 heteroatoms. The summed E-state index contributed by atoms with van der Waals surface area (Å²) in [4.78, 5) is 12.2. The maximum absolute atomic E-state index is 10.3. The molecule has 1 N–H and O–H groups in total. The van der Waals surface area contributed by atoms with Gasteiger partial charge in [-0.2, -0.15) is 0 Å². The number of carbonyl (C=O) groups is 1. The van der Waals surface area contributed by atoms with E-state index in [4.69, 9.17) is 9.84 Å². The van der Waals surface area contributed by atoms with Crippen molar-refractivity contribution >= 4 is 28.6 Å². The third-order valence-electron chi connectivity index (χ3n) is 1.47. The molecule has 1 aliphatic rings. The lowest BCUT2D eigenvalue weighted by atomic mass is 10.4. The van der Waals surface area contributed by atoms with Crippen LogP contribution in [0.4, 0.5) is 0 Å². The highest BCUT2D eigenvalue weighted by molar-refractivity contribution is 14.1. The van der Waals surface area contributed by atoms with Crippen molar-refractivity contribution in [2.24, 2.45) is 0 Å². The number of ether oxygens (including phenoxy) is 1. The molecular formula is C6H10INO3. The molecule has 0 aromatic rings. The summed E-state index contributed by atoms with van der Waals surface area (Å²) in [5.74, 6) is -0.768. The standard InChI is InChI=1S/C6H10INO3/c7-5-3-8(1-2-11-5)4-6(9)10/h5H,1-4H2,(H,9,10). The molecule has 1 atom stereocenters. The van der Waals surface area contributed by atoms with Crippen LogP contribution in [0, 0.1) is 0 Å². The fourth-order valence-electron chi connectivity index (χ4n) is 0.992. The van der Waals surface area contributed by atoms with Crippen molar-refractivity contribution < 1.29 is 14.6 Å². The maximum atomic E-state index is 10.3. The molecule has 1 fully saturated rings. The molecule has 1 aliphatic heterocycles. The second kappa shape index (κ2) is 4.22. The molecule has 0 saturated carbocycles. The second-order valence-electron chi connectivity index (χ2n) is 2.41. The van der Waals surface area contributed by atoms with Gasteiger partial charge in [-0.25, -0.2) is 0 Å². The topological polar surface area (TPSA) is 49.8 Å². The van der Waals surface area contributed by atoms with E-state index in [2.05, 4.69) is 22.6 Å². The van der Waals surface area contributed by atoms with E-state index in [9.17, 15) is 4.79 Å². The molecule has 0 aliphatic carbocycles. The van der Waals surface area contributed by atoms with Crippen molar-refractivity contribution in [1.29, 1.82) is 0 Å². The molecule has 64 valence electrons. The van der Waals surface area contributed by atoms with Crippen LogP contribution in [-0.2, 0) is 9.53 Å². The summed E-state index contributed by atoms with van der Waals surface area (Å²) in [5.41, 5.74) is 0. The van der Waals surface area contributed by atoms with Crippen molar-refractivity contribution in [2.75, 3.05) is 26.2 Å². The minimum Gasteiger partial charge on any atom is -0.480 e. The average molecular weight is 271 g/mol. The lowest BCUT2D eigenvalue weighted by Gasteiger charge is -2.28. The predicted molar refractivity (Wildman–Crippen MR) is 47.8 cm³/mol. The SMILES string of the molecule is O=C(O)CN1CCOC(I)C1. The fourth-order valence-corrected chi connectivity index (χ4v) is 1.80. The summed E-state index contributed by atoms with van der Waals surface area (Å²) in [6, 6.07) is 0. The summed E-state index contributed by atoms with van der Waals surface area (Å²) in [6.07, 6.45) is 0. The first-order chi connectivity index (χ1) is 5.18. The van der Waals surface area contributed by atoms with E-state index >= 15 is 0 Å². The summed E-state index contributed by atoms with van der Waals surface area (Å²) >= 11 is 2.16. The maximum Gasteiger partial charge on any atom is 0.317 e. The molecule has 1 heterocycles. The molecule has 4 nitrogen and oxygen atoms in total. The lowest BCUT2D eigenvalue weighted by Crippen LogP contribution is -2.42. The number of hydrogen-bond acceptors (Lipinski definition) is 3. The Morgan fingerprint density at radius 2 is 2.55 bits per heavy atom. The highest BCUT2D eigenvalue weighted by Gasteiger charge is 2.18. The summed E-state index contributed by atoms with van der Waals surface area (Å²) in [6.45, 7) is 2.21. The predicted octanol–water partition coefficient (Wildman–Crippen LogP) is 0.164. The number of rotatable bonds is 2. The van der Waals surface area contributed by atoms with Crippen LogP contribution in [0.1, 0.15) is 0 Å². The van der Waals surface area contributed by atoms with Gasteiger partial charge in [-0.15, -0.1) is 0 Å². The smallest absolute Gasteiger partial charge is 0.317 e. The summed E-state index contributed by atoms with van der Waals surface area (Å²) < 4.78 is 5.38. The Morgan fingerprint density at radius 1 is 1.82 bits per heavy atom. The van der Waals surface area contributed by atoms with E-state index in [0.717, 1.165) is 6.54 Å². The Kier molecular flexibility index (Phi) is 3.53. The number of morpholine rings is 1. The molecule has 1 saturated heterocycles. The van der Waals surface area contributed by atoms with Gasteiger partial charge in [0.1, 0.15) is 4.11 Å². The van der Waals surface area contributed by atoms with Gasteiger partial charge in [-0.3, -0.25) is 9.69 Å². The number of nitrogens with zero attached hydrogens (tertiary/aromatic N) is 1.